The van der Waals surface area contributed by atoms with Crippen molar-refractivity contribution in [1.29, 1.82) is 0 Å². The Morgan fingerprint density at radius 3 is 2.33 bits per heavy atom. The van der Waals surface area contributed by atoms with Crippen molar-refractivity contribution in [1.82, 2.24) is 5.32 Å². The van der Waals surface area contributed by atoms with Gasteiger partial charge in [0.15, 0.2) is 5.88 Å². The first-order valence-corrected chi connectivity index (χ1v) is 3.92. The molecule has 0 aromatic heterocycles. The van der Waals surface area contributed by atoms with E-state index in [-0.39, 0.29) is 17.9 Å². The van der Waals surface area contributed by atoms with Crippen molar-refractivity contribution in [2.24, 2.45) is 0 Å². The van der Waals surface area contributed by atoms with E-state index in [1.807, 2.05) is 20.8 Å². The van der Waals surface area contributed by atoms with E-state index < -0.39 is 0 Å². The molecular formula is C9H17NO2. The second-order valence-electron chi connectivity index (χ2n) is 3.69. The van der Waals surface area contributed by atoms with E-state index in [1.165, 1.54) is 6.92 Å². The van der Waals surface area contributed by atoms with E-state index in [0.29, 0.717) is 5.88 Å². The highest BCUT2D eigenvalue weighted by atomic mass is 16.5. The number of hydrogen-bond donors (Lipinski definition) is 1. The van der Waals surface area contributed by atoms with Gasteiger partial charge in [-0.05, 0) is 34.3 Å². The van der Waals surface area contributed by atoms with E-state index in [4.69, 9.17) is 4.74 Å². The Morgan fingerprint density at radius 2 is 2.00 bits per heavy atom. The predicted molar refractivity (Wildman–Crippen MR) is 48.7 cm³/mol. The topological polar surface area (TPSA) is 38.3 Å². The summed E-state index contributed by atoms with van der Waals surface area (Å²) in [6.45, 7) is 11.2. The number of carbonyl (C=O) groups is 1. The highest BCUT2D eigenvalue weighted by Crippen LogP contribution is 2.09. The molecule has 3 heteroatoms. The van der Waals surface area contributed by atoms with Crippen LogP contribution in [-0.2, 0) is 9.53 Å². The quantitative estimate of drug-likeness (QED) is 0.651. The standard InChI is InChI=1S/C9H17NO2/c1-7(11)6-10-8(2)12-9(3,4)5/h10H,2,6H2,1,3-5H3. The Labute approximate surface area is 73.8 Å². The number of rotatable bonds is 4. The molecule has 0 spiro atoms. The summed E-state index contributed by atoms with van der Waals surface area (Å²) >= 11 is 0. The number of Topliss-reactive ketones (excluding diaryl/α,β-unsaturated/α-hetero) is 1. The summed E-state index contributed by atoms with van der Waals surface area (Å²) in [7, 11) is 0. The molecule has 0 aromatic carbocycles. The van der Waals surface area contributed by atoms with Gasteiger partial charge in [-0.3, -0.25) is 4.79 Å². The zero-order valence-corrected chi connectivity index (χ0v) is 8.23. The van der Waals surface area contributed by atoms with E-state index in [1.54, 1.807) is 0 Å². The van der Waals surface area contributed by atoms with Gasteiger partial charge in [-0.1, -0.05) is 0 Å². The molecule has 3 nitrogen and oxygen atoms in total. The van der Waals surface area contributed by atoms with Crippen LogP contribution < -0.4 is 5.32 Å². The number of carbonyl (C=O) groups excluding carboxylic acids is 1. The maximum absolute atomic E-state index is 10.6. The number of ether oxygens (including phenoxy) is 1. The van der Waals surface area contributed by atoms with Crippen molar-refractivity contribution in [2.45, 2.75) is 33.3 Å². The van der Waals surface area contributed by atoms with Crippen LogP contribution in [0.15, 0.2) is 12.5 Å². The Bertz CT molecular complexity index is 179. The molecule has 1 N–H and O–H groups in total. The Hall–Kier alpha value is -0.990. The van der Waals surface area contributed by atoms with Gasteiger partial charge in [-0.2, -0.15) is 0 Å². The third-order valence-electron chi connectivity index (χ3n) is 0.964. The fraction of sp³-hybridized carbons (Fsp3) is 0.667. The maximum Gasteiger partial charge on any atom is 0.180 e. The average molecular weight is 171 g/mol. The smallest absolute Gasteiger partial charge is 0.180 e. The first-order chi connectivity index (χ1) is 5.31. The van der Waals surface area contributed by atoms with Crippen molar-refractivity contribution < 1.29 is 9.53 Å². The first kappa shape index (κ1) is 11.0. The highest BCUT2D eigenvalue weighted by Gasteiger charge is 2.11. The lowest BCUT2D eigenvalue weighted by Crippen LogP contribution is -2.27. The molecule has 0 unspecified atom stereocenters. The second-order valence-corrected chi connectivity index (χ2v) is 3.69. The molecule has 0 atom stereocenters. The minimum absolute atomic E-state index is 0.0636. The molecule has 0 aromatic rings. The molecule has 0 aliphatic heterocycles. The van der Waals surface area contributed by atoms with Crippen LogP contribution in [0.3, 0.4) is 0 Å². The van der Waals surface area contributed by atoms with Crippen LogP contribution in [-0.4, -0.2) is 17.9 Å². The van der Waals surface area contributed by atoms with Gasteiger partial charge >= 0.3 is 0 Å². The lowest BCUT2D eigenvalue weighted by molar-refractivity contribution is -0.116. The third kappa shape index (κ3) is 7.12. The largest absolute Gasteiger partial charge is 0.474 e. The Kier molecular flexibility index (Phi) is 3.80. The molecule has 12 heavy (non-hydrogen) atoms. The second kappa shape index (κ2) is 4.14. The van der Waals surface area contributed by atoms with E-state index in [9.17, 15) is 4.79 Å². The zero-order valence-electron chi connectivity index (χ0n) is 8.23. The van der Waals surface area contributed by atoms with E-state index >= 15 is 0 Å². The van der Waals surface area contributed by atoms with Crippen molar-refractivity contribution in [3.63, 3.8) is 0 Å². The van der Waals surface area contributed by atoms with Crippen LogP contribution in [0.5, 0.6) is 0 Å². The van der Waals surface area contributed by atoms with Crippen LogP contribution >= 0.6 is 0 Å². The lowest BCUT2D eigenvalue weighted by atomic mass is 10.2. The zero-order chi connectivity index (χ0) is 9.78. The molecule has 0 saturated heterocycles. The molecule has 0 aliphatic rings. The van der Waals surface area contributed by atoms with Gasteiger partial charge in [0.1, 0.15) is 11.4 Å². The maximum atomic E-state index is 10.6. The van der Waals surface area contributed by atoms with Crippen LogP contribution in [0.4, 0.5) is 0 Å². The van der Waals surface area contributed by atoms with Crippen molar-refractivity contribution >= 4 is 5.78 Å². The SMILES string of the molecule is C=C(NCC(C)=O)OC(C)(C)C. The van der Waals surface area contributed by atoms with Crippen LogP contribution in [0.25, 0.3) is 0 Å². The third-order valence-corrected chi connectivity index (χ3v) is 0.964. The summed E-state index contributed by atoms with van der Waals surface area (Å²) in [5, 5.41) is 2.77. The van der Waals surface area contributed by atoms with Gasteiger partial charge < -0.3 is 10.1 Å². The fourth-order valence-corrected chi connectivity index (χ4v) is 0.629. The Balaban J connectivity index is 3.68. The number of ketones is 1. The van der Waals surface area contributed by atoms with Gasteiger partial charge in [0.05, 0.1) is 6.54 Å². The summed E-state index contributed by atoms with van der Waals surface area (Å²) < 4.78 is 5.33. The van der Waals surface area contributed by atoms with E-state index in [2.05, 4.69) is 11.9 Å². The van der Waals surface area contributed by atoms with Crippen LogP contribution in [0, 0.1) is 0 Å². The molecule has 0 bridgehead atoms. The van der Waals surface area contributed by atoms with E-state index in [0.717, 1.165) is 0 Å². The average Bonchev–Trinajstić information content (AvgIpc) is 1.79. The fourth-order valence-electron chi connectivity index (χ4n) is 0.629. The van der Waals surface area contributed by atoms with Gasteiger partial charge in [-0.15, -0.1) is 0 Å². The lowest BCUT2D eigenvalue weighted by Gasteiger charge is -2.22. The molecular weight excluding hydrogens is 154 g/mol. The molecule has 0 heterocycles. The molecule has 70 valence electrons. The van der Waals surface area contributed by atoms with Gasteiger partial charge in [0.2, 0.25) is 0 Å². The summed E-state index contributed by atoms with van der Waals surface area (Å²) in [5.41, 5.74) is -0.263. The minimum atomic E-state index is -0.263. The minimum Gasteiger partial charge on any atom is -0.474 e. The molecule has 0 saturated carbocycles. The summed E-state index contributed by atoms with van der Waals surface area (Å²) in [6.07, 6.45) is 0. The Morgan fingerprint density at radius 1 is 1.50 bits per heavy atom. The van der Waals surface area contributed by atoms with Gasteiger partial charge in [0.25, 0.3) is 0 Å². The summed E-state index contributed by atoms with van der Waals surface area (Å²) in [4.78, 5) is 10.6. The molecule has 0 aliphatic carbocycles. The molecule has 0 radical (unpaired) electrons. The normalized spacial score (nSPS) is 10.7. The number of hydrogen-bond acceptors (Lipinski definition) is 3. The molecule has 0 fully saturated rings. The highest BCUT2D eigenvalue weighted by molar-refractivity contribution is 5.77. The van der Waals surface area contributed by atoms with Crippen molar-refractivity contribution in [3.05, 3.63) is 12.5 Å². The molecule has 0 amide bonds. The summed E-state index contributed by atoms with van der Waals surface area (Å²) in [6, 6.07) is 0. The summed E-state index contributed by atoms with van der Waals surface area (Å²) in [5.74, 6) is 0.506. The van der Waals surface area contributed by atoms with Gasteiger partial charge in [-0.25, -0.2) is 0 Å². The van der Waals surface area contributed by atoms with Crippen LogP contribution in [0.1, 0.15) is 27.7 Å². The van der Waals surface area contributed by atoms with Crippen molar-refractivity contribution in [2.75, 3.05) is 6.54 Å². The van der Waals surface area contributed by atoms with Crippen LogP contribution in [0.2, 0.25) is 0 Å². The number of nitrogens with one attached hydrogen (secondary N) is 1. The predicted octanol–water partition coefficient (Wildman–Crippen LogP) is 1.45. The van der Waals surface area contributed by atoms with Gasteiger partial charge in [0, 0.05) is 0 Å². The first-order valence-electron chi connectivity index (χ1n) is 3.92. The monoisotopic (exact) mass is 171 g/mol. The van der Waals surface area contributed by atoms with Crippen molar-refractivity contribution in [3.8, 4) is 0 Å². The molecule has 0 rings (SSSR count).